The molecule has 4 rings (SSSR count). The molecule has 164 valence electrons. The summed E-state index contributed by atoms with van der Waals surface area (Å²) in [6.07, 6.45) is 5.56. The molecule has 0 bridgehead atoms. The molecule has 7 heteroatoms. The van der Waals surface area contributed by atoms with Gasteiger partial charge in [0.15, 0.2) is 0 Å². The molecular formula is C24H30N4O3. The molecule has 1 amide bonds. The van der Waals surface area contributed by atoms with E-state index in [0.717, 1.165) is 63.2 Å². The highest BCUT2D eigenvalue weighted by Gasteiger charge is 2.25. The molecule has 0 spiro atoms. The van der Waals surface area contributed by atoms with E-state index in [4.69, 9.17) is 0 Å². The summed E-state index contributed by atoms with van der Waals surface area (Å²) in [6, 6.07) is 12.6. The van der Waals surface area contributed by atoms with Crippen LogP contribution in [0.3, 0.4) is 0 Å². The summed E-state index contributed by atoms with van der Waals surface area (Å²) < 4.78 is 0. The van der Waals surface area contributed by atoms with Crippen LogP contribution in [0.2, 0.25) is 0 Å². The number of carbonyl (C=O) groups excluding carboxylic acids is 1. The summed E-state index contributed by atoms with van der Waals surface area (Å²) in [5.41, 5.74) is 2.64. The molecule has 0 atom stereocenters. The Morgan fingerprint density at radius 3 is 2.35 bits per heavy atom. The second-order valence-corrected chi connectivity index (χ2v) is 8.65. The quantitative estimate of drug-likeness (QED) is 0.537. The number of hydrogen-bond donors (Lipinski definition) is 1. The monoisotopic (exact) mass is 422 g/mol. The van der Waals surface area contributed by atoms with Crippen molar-refractivity contribution in [3.05, 3.63) is 58.1 Å². The first kappa shape index (κ1) is 21.2. The number of piperidine rings is 2. The molecule has 2 aromatic carbocycles. The van der Waals surface area contributed by atoms with Crippen LogP contribution in [-0.4, -0.2) is 37.0 Å². The number of nitro benzene ring substituents is 1. The predicted molar refractivity (Wildman–Crippen MR) is 124 cm³/mol. The zero-order valence-electron chi connectivity index (χ0n) is 18.0. The zero-order valence-corrected chi connectivity index (χ0v) is 18.0. The number of para-hydroxylation sites is 2. The minimum atomic E-state index is -0.383. The van der Waals surface area contributed by atoms with Crippen LogP contribution in [0.25, 0.3) is 0 Å². The van der Waals surface area contributed by atoms with Gasteiger partial charge in [0.2, 0.25) is 0 Å². The molecule has 0 saturated carbocycles. The number of nitrogens with one attached hydrogen (secondary N) is 1. The van der Waals surface area contributed by atoms with Gasteiger partial charge in [0.05, 0.1) is 16.3 Å². The van der Waals surface area contributed by atoms with Crippen LogP contribution in [0.5, 0.6) is 0 Å². The Morgan fingerprint density at radius 2 is 1.65 bits per heavy atom. The Kier molecular flexibility index (Phi) is 6.39. The third kappa shape index (κ3) is 4.81. The smallest absolute Gasteiger partial charge is 0.293 e. The highest BCUT2D eigenvalue weighted by molar-refractivity contribution is 6.06. The van der Waals surface area contributed by atoms with Crippen molar-refractivity contribution in [3.8, 4) is 0 Å². The Bertz CT molecular complexity index is 948. The Morgan fingerprint density at radius 1 is 0.968 bits per heavy atom. The molecule has 2 aliphatic heterocycles. The Hall–Kier alpha value is -3.09. The topological polar surface area (TPSA) is 78.7 Å². The number of nitrogens with zero attached hydrogens (tertiary/aromatic N) is 3. The lowest BCUT2D eigenvalue weighted by Gasteiger charge is -2.31. The van der Waals surface area contributed by atoms with E-state index in [1.54, 1.807) is 12.1 Å². The van der Waals surface area contributed by atoms with E-state index < -0.39 is 0 Å². The van der Waals surface area contributed by atoms with E-state index in [1.807, 2.05) is 24.3 Å². The van der Waals surface area contributed by atoms with Gasteiger partial charge in [-0.15, -0.1) is 0 Å². The molecule has 0 aliphatic carbocycles. The molecule has 31 heavy (non-hydrogen) atoms. The standard InChI is InChI=1S/C24H30N4O3/c1-18-11-15-27(16-12-18)22-10-9-19(17-23(22)28(30)31)24(29)25-20-7-3-4-8-21(20)26-13-5-2-6-14-26/h3-4,7-10,17-18H,2,5-6,11-16H2,1H3,(H,25,29). The summed E-state index contributed by atoms with van der Waals surface area (Å²) in [7, 11) is 0. The molecule has 2 fully saturated rings. The third-order valence-corrected chi connectivity index (χ3v) is 6.41. The lowest BCUT2D eigenvalue weighted by Crippen LogP contribution is -2.33. The predicted octanol–water partition coefficient (Wildman–Crippen LogP) is 5.07. The summed E-state index contributed by atoms with van der Waals surface area (Å²) >= 11 is 0. The van der Waals surface area contributed by atoms with Crippen LogP contribution in [0.1, 0.15) is 49.4 Å². The minimum Gasteiger partial charge on any atom is -0.370 e. The van der Waals surface area contributed by atoms with Gasteiger partial charge in [-0.3, -0.25) is 14.9 Å². The fraction of sp³-hybridized carbons (Fsp3) is 0.458. The van der Waals surface area contributed by atoms with Crippen molar-refractivity contribution < 1.29 is 9.72 Å². The fourth-order valence-corrected chi connectivity index (χ4v) is 4.51. The van der Waals surface area contributed by atoms with Gasteiger partial charge >= 0.3 is 0 Å². The van der Waals surface area contributed by atoms with Crippen molar-refractivity contribution in [2.24, 2.45) is 5.92 Å². The van der Waals surface area contributed by atoms with E-state index >= 15 is 0 Å². The van der Waals surface area contributed by atoms with Crippen molar-refractivity contribution in [1.82, 2.24) is 0 Å². The number of anilines is 3. The average molecular weight is 423 g/mol. The maximum atomic E-state index is 13.0. The molecule has 2 aromatic rings. The first-order chi connectivity index (χ1) is 15.0. The van der Waals surface area contributed by atoms with Crippen LogP contribution in [0.4, 0.5) is 22.7 Å². The molecule has 2 heterocycles. The lowest BCUT2D eigenvalue weighted by molar-refractivity contribution is -0.384. The molecule has 1 N–H and O–H groups in total. The number of benzene rings is 2. The van der Waals surface area contributed by atoms with E-state index in [0.29, 0.717) is 17.2 Å². The Balaban J connectivity index is 1.55. The zero-order chi connectivity index (χ0) is 21.8. The molecule has 0 unspecified atom stereocenters. The van der Waals surface area contributed by atoms with Gasteiger partial charge in [0, 0.05) is 37.8 Å². The molecule has 0 aromatic heterocycles. The van der Waals surface area contributed by atoms with Crippen LogP contribution in [0, 0.1) is 16.0 Å². The van der Waals surface area contributed by atoms with Crippen molar-refractivity contribution >= 4 is 28.7 Å². The third-order valence-electron chi connectivity index (χ3n) is 6.41. The number of amides is 1. The van der Waals surface area contributed by atoms with Gasteiger partial charge in [-0.25, -0.2) is 0 Å². The van der Waals surface area contributed by atoms with Gasteiger partial charge in [0.1, 0.15) is 5.69 Å². The van der Waals surface area contributed by atoms with Gasteiger partial charge in [-0.2, -0.15) is 0 Å². The average Bonchev–Trinajstić information content (AvgIpc) is 2.80. The first-order valence-electron chi connectivity index (χ1n) is 11.2. The largest absolute Gasteiger partial charge is 0.370 e. The van der Waals surface area contributed by atoms with Gasteiger partial charge in [-0.1, -0.05) is 19.1 Å². The summed E-state index contributed by atoms with van der Waals surface area (Å²) in [6.45, 7) is 5.76. The number of hydrogen-bond acceptors (Lipinski definition) is 5. The van der Waals surface area contributed by atoms with Crippen molar-refractivity contribution in [3.63, 3.8) is 0 Å². The molecule has 7 nitrogen and oxygen atoms in total. The van der Waals surface area contributed by atoms with Crippen molar-refractivity contribution in [2.75, 3.05) is 41.3 Å². The molecule has 0 radical (unpaired) electrons. The van der Waals surface area contributed by atoms with Gasteiger partial charge in [-0.05, 0) is 62.3 Å². The summed E-state index contributed by atoms with van der Waals surface area (Å²) in [4.78, 5) is 28.7. The van der Waals surface area contributed by atoms with Crippen molar-refractivity contribution in [1.29, 1.82) is 0 Å². The van der Waals surface area contributed by atoms with Crippen molar-refractivity contribution in [2.45, 2.75) is 39.0 Å². The second-order valence-electron chi connectivity index (χ2n) is 8.65. The van der Waals surface area contributed by atoms with E-state index in [9.17, 15) is 14.9 Å². The second kappa shape index (κ2) is 9.37. The SMILES string of the molecule is CC1CCN(c2ccc(C(=O)Nc3ccccc3N3CCCCC3)cc2[N+](=O)[O-])CC1. The van der Waals surface area contributed by atoms with E-state index in [-0.39, 0.29) is 16.5 Å². The summed E-state index contributed by atoms with van der Waals surface area (Å²) in [5.74, 6) is 0.312. The molecular weight excluding hydrogens is 392 g/mol. The highest BCUT2D eigenvalue weighted by Crippen LogP contribution is 2.33. The highest BCUT2D eigenvalue weighted by atomic mass is 16.6. The van der Waals surface area contributed by atoms with Gasteiger partial charge in [0.25, 0.3) is 11.6 Å². The Labute approximate surface area is 183 Å². The number of nitro groups is 1. The van der Waals surface area contributed by atoms with Crippen LogP contribution in [0.15, 0.2) is 42.5 Å². The fourth-order valence-electron chi connectivity index (χ4n) is 4.51. The number of carbonyl (C=O) groups is 1. The first-order valence-corrected chi connectivity index (χ1v) is 11.2. The van der Waals surface area contributed by atoms with Gasteiger partial charge < -0.3 is 15.1 Å². The number of rotatable bonds is 5. The molecule has 2 aliphatic rings. The lowest BCUT2D eigenvalue weighted by atomic mass is 9.98. The minimum absolute atomic E-state index is 0.00785. The van der Waals surface area contributed by atoms with Crippen LogP contribution < -0.4 is 15.1 Å². The van der Waals surface area contributed by atoms with Crippen LogP contribution >= 0.6 is 0 Å². The van der Waals surface area contributed by atoms with Crippen LogP contribution in [-0.2, 0) is 0 Å². The maximum absolute atomic E-state index is 13.0. The van der Waals surface area contributed by atoms with E-state index in [2.05, 4.69) is 22.0 Å². The summed E-state index contributed by atoms with van der Waals surface area (Å²) in [5, 5.41) is 14.7. The normalized spacial score (nSPS) is 17.5. The maximum Gasteiger partial charge on any atom is 0.293 e. The van der Waals surface area contributed by atoms with E-state index in [1.165, 1.54) is 12.5 Å². The molecule has 2 saturated heterocycles.